The van der Waals surface area contributed by atoms with E-state index in [9.17, 15) is 0 Å². The van der Waals surface area contributed by atoms with Gasteiger partial charge < -0.3 is 16.0 Å². The highest BCUT2D eigenvalue weighted by molar-refractivity contribution is 5.53. The lowest BCUT2D eigenvalue weighted by Gasteiger charge is -2.33. The van der Waals surface area contributed by atoms with Crippen molar-refractivity contribution in [3.05, 3.63) is 11.3 Å². The highest BCUT2D eigenvalue weighted by atomic mass is 15.2. The maximum absolute atomic E-state index is 5.78. The zero-order valence-electron chi connectivity index (χ0n) is 9.37. The highest BCUT2D eigenvalue weighted by Gasteiger charge is 2.23. The number of anilines is 2. The van der Waals surface area contributed by atoms with E-state index in [2.05, 4.69) is 20.2 Å². The lowest BCUT2D eigenvalue weighted by Crippen LogP contribution is -2.39. The number of aromatic nitrogens is 2. The Labute approximate surface area is 95.1 Å². The van der Waals surface area contributed by atoms with Gasteiger partial charge in [0.25, 0.3) is 0 Å². The van der Waals surface area contributed by atoms with Gasteiger partial charge in [0, 0.05) is 31.6 Å². The highest BCUT2D eigenvalue weighted by Crippen LogP contribution is 2.27. The van der Waals surface area contributed by atoms with E-state index in [-0.39, 0.29) is 0 Å². The van der Waals surface area contributed by atoms with E-state index in [1.165, 1.54) is 12.0 Å². The fraction of sp³-hybridized carbons (Fsp3) is 0.636. The summed E-state index contributed by atoms with van der Waals surface area (Å²) >= 11 is 0. The second kappa shape index (κ2) is 3.90. The number of fused-ring (bicyclic) bond motifs is 1. The van der Waals surface area contributed by atoms with Crippen molar-refractivity contribution in [2.75, 3.05) is 36.8 Å². The van der Waals surface area contributed by atoms with E-state index in [0.717, 1.165) is 50.5 Å². The zero-order valence-corrected chi connectivity index (χ0v) is 9.37. The molecular weight excluding hydrogens is 202 g/mol. The van der Waals surface area contributed by atoms with Gasteiger partial charge in [0.1, 0.15) is 5.82 Å². The molecule has 0 spiro atoms. The van der Waals surface area contributed by atoms with Crippen molar-refractivity contribution in [3.8, 4) is 0 Å². The fourth-order valence-corrected chi connectivity index (χ4v) is 2.33. The first-order chi connectivity index (χ1) is 7.84. The van der Waals surface area contributed by atoms with Crippen LogP contribution in [0.15, 0.2) is 0 Å². The molecule has 0 aromatic carbocycles. The number of rotatable bonds is 1. The Morgan fingerprint density at radius 1 is 1.12 bits per heavy atom. The summed E-state index contributed by atoms with van der Waals surface area (Å²) in [5.41, 5.74) is 8.22. The molecule has 0 saturated carbocycles. The molecule has 16 heavy (non-hydrogen) atoms. The van der Waals surface area contributed by atoms with Crippen molar-refractivity contribution in [1.82, 2.24) is 15.3 Å². The Morgan fingerprint density at radius 2 is 1.94 bits per heavy atom. The summed E-state index contributed by atoms with van der Waals surface area (Å²) in [5, 5.41) is 3.39. The number of nitrogens with zero attached hydrogens (tertiary/aromatic N) is 3. The van der Waals surface area contributed by atoms with Crippen molar-refractivity contribution < 1.29 is 0 Å². The largest absolute Gasteiger partial charge is 0.368 e. The normalized spacial score (nSPS) is 19.9. The monoisotopic (exact) mass is 219 g/mol. The predicted molar refractivity (Wildman–Crippen MR) is 63.6 cm³/mol. The third-order valence-electron chi connectivity index (χ3n) is 3.33. The number of nitrogens with two attached hydrogens (primary N) is 1. The Bertz CT molecular complexity index is 400. The number of hydrogen-bond donors (Lipinski definition) is 2. The van der Waals surface area contributed by atoms with Crippen LogP contribution in [0.1, 0.15) is 17.7 Å². The van der Waals surface area contributed by atoms with Gasteiger partial charge in [-0.15, -0.1) is 0 Å². The summed E-state index contributed by atoms with van der Waals surface area (Å²) < 4.78 is 0. The Morgan fingerprint density at radius 3 is 2.69 bits per heavy atom. The molecule has 1 saturated heterocycles. The molecule has 5 heteroatoms. The maximum Gasteiger partial charge on any atom is 0.222 e. The van der Waals surface area contributed by atoms with Crippen LogP contribution < -0.4 is 16.0 Å². The number of nitrogen functional groups attached to an aromatic ring is 1. The van der Waals surface area contributed by atoms with Crippen molar-refractivity contribution >= 4 is 11.8 Å². The Kier molecular flexibility index (Phi) is 2.40. The standard InChI is InChI=1S/C11H17N5/c12-11-14-9-3-5-13-4-2-8(9)10(15-11)16-6-1-7-16/h13H,1-7H2,(H2,12,14,15). The molecule has 0 radical (unpaired) electrons. The maximum atomic E-state index is 5.78. The van der Waals surface area contributed by atoms with Crippen LogP contribution in [0.4, 0.5) is 11.8 Å². The minimum Gasteiger partial charge on any atom is -0.368 e. The van der Waals surface area contributed by atoms with Crippen molar-refractivity contribution in [2.24, 2.45) is 0 Å². The van der Waals surface area contributed by atoms with E-state index in [4.69, 9.17) is 5.73 Å². The van der Waals surface area contributed by atoms with Crippen LogP contribution in [0.5, 0.6) is 0 Å². The van der Waals surface area contributed by atoms with Crippen LogP contribution in [0.25, 0.3) is 0 Å². The van der Waals surface area contributed by atoms with Crippen LogP contribution >= 0.6 is 0 Å². The molecule has 0 aliphatic carbocycles. The van der Waals surface area contributed by atoms with Gasteiger partial charge in [-0.25, -0.2) is 4.98 Å². The molecule has 3 rings (SSSR count). The average Bonchev–Trinajstić information content (AvgIpc) is 2.39. The first kappa shape index (κ1) is 9.84. The molecule has 3 heterocycles. The molecule has 1 aromatic heterocycles. The first-order valence-corrected chi connectivity index (χ1v) is 5.95. The molecule has 2 aliphatic rings. The van der Waals surface area contributed by atoms with Gasteiger partial charge >= 0.3 is 0 Å². The van der Waals surface area contributed by atoms with Crippen LogP contribution in [-0.2, 0) is 12.8 Å². The van der Waals surface area contributed by atoms with Crippen LogP contribution in [0.2, 0.25) is 0 Å². The molecular formula is C11H17N5. The summed E-state index contributed by atoms with van der Waals surface area (Å²) in [6.07, 6.45) is 3.24. The SMILES string of the molecule is Nc1nc2c(c(N3CCC3)n1)CCNCC2. The third-order valence-corrected chi connectivity index (χ3v) is 3.33. The van der Waals surface area contributed by atoms with Crippen molar-refractivity contribution in [1.29, 1.82) is 0 Å². The van der Waals surface area contributed by atoms with Gasteiger partial charge in [0.2, 0.25) is 5.95 Å². The summed E-state index contributed by atoms with van der Waals surface area (Å²) in [4.78, 5) is 11.1. The molecule has 3 N–H and O–H groups in total. The number of hydrogen-bond acceptors (Lipinski definition) is 5. The molecule has 0 bridgehead atoms. The van der Waals surface area contributed by atoms with E-state index >= 15 is 0 Å². The van der Waals surface area contributed by atoms with Gasteiger partial charge in [-0.05, 0) is 19.4 Å². The Balaban J connectivity index is 2.04. The first-order valence-electron chi connectivity index (χ1n) is 5.95. The van der Waals surface area contributed by atoms with Gasteiger partial charge in [0.05, 0.1) is 5.69 Å². The minimum absolute atomic E-state index is 0.419. The van der Waals surface area contributed by atoms with Crippen LogP contribution in [-0.4, -0.2) is 36.1 Å². The van der Waals surface area contributed by atoms with E-state index in [1.807, 2.05) is 0 Å². The Hall–Kier alpha value is -1.36. The molecule has 2 aliphatic heterocycles. The van der Waals surface area contributed by atoms with Gasteiger partial charge in [-0.1, -0.05) is 0 Å². The quantitative estimate of drug-likeness (QED) is 0.693. The van der Waals surface area contributed by atoms with Gasteiger partial charge in [-0.2, -0.15) is 4.98 Å². The van der Waals surface area contributed by atoms with E-state index in [1.54, 1.807) is 0 Å². The zero-order chi connectivity index (χ0) is 11.0. The molecule has 0 atom stereocenters. The summed E-state index contributed by atoms with van der Waals surface area (Å²) in [7, 11) is 0. The van der Waals surface area contributed by atoms with Crippen LogP contribution in [0, 0.1) is 0 Å². The topological polar surface area (TPSA) is 67.1 Å². The molecule has 1 fully saturated rings. The van der Waals surface area contributed by atoms with E-state index < -0.39 is 0 Å². The molecule has 0 unspecified atom stereocenters. The smallest absolute Gasteiger partial charge is 0.222 e. The summed E-state index contributed by atoms with van der Waals surface area (Å²) in [6, 6.07) is 0. The summed E-state index contributed by atoms with van der Waals surface area (Å²) in [5.74, 6) is 1.50. The van der Waals surface area contributed by atoms with Crippen molar-refractivity contribution in [2.45, 2.75) is 19.3 Å². The third kappa shape index (κ3) is 1.61. The average molecular weight is 219 g/mol. The molecule has 0 amide bonds. The van der Waals surface area contributed by atoms with Gasteiger partial charge in [0.15, 0.2) is 0 Å². The molecule has 5 nitrogen and oxygen atoms in total. The second-order valence-corrected chi connectivity index (χ2v) is 4.42. The molecule has 86 valence electrons. The minimum atomic E-state index is 0.419. The second-order valence-electron chi connectivity index (χ2n) is 4.42. The van der Waals surface area contributed by atoms with Crippen LogP contribution in [0.3, 0.4) is 0 Å². The number of nitrogens with one attached hydrogen (secondary N) is 1. The van der Waals surface area contributed by atoms with Gasteiger partial charge in [-0.3, -0.25) is 0 Å². The predicted octanol–water partition coefficient (Wildman–Crippen LogP) is -0.0429. The lowest BCUT2D eigenvalue weighted by atomic mass is 10.1. The summed E-state index contributed by atoms with van der Waals surface area (Å²) in [6.45, 7) is 4.22. The fourth-order valence-electron chi connectivity index (χ4n) is 2.33. The molecule has 1 aromatic rings. The van der Waals surface area contributed by atoms with Crippen molar-refractivity contribution in [3.63, 3.8) is 0 Å². The lowest BCUT2D eigenvalue weighted by molar-refractivity contribution is 0.604. The van der Waals surface area contributed by atoms with E-state index in [0.29, 0.717) is 5.95 Å².